The Morgan fingerprint density at radius 2 is 1.90 bits per heavy atom. The van der Waals surface area contributed by atoms with Crippen molar-refractivity contribution in [2.24, 2.45) is 0 Å². The fraction of sp³-hybridized carbons (Fsp3) is 0.417. The molecule has 0 spiro atoms. The van der Waals surface area contributed by atoms with Gasteiger partial charge in [-0.25, -0.2) is 4.79 Å². The van der Waals surface area contributed by atoms with E-state index >= 15 is 0 Å². The minimum atomic E-state index is -0.510. The Hall–Kier alpha value is -2.54. The van der Waals surface area contributed by atoms with E-state index in [0.29, 0.717) is 25.6 Å². The fourth-order valence-corrected chi connectivity index (χ4v) is 4.01. The number of carbonyl (C=O) groups excluding carboxylic acids is 1. The van der Waals surface area contributed by atoms with Crippen LogP contribution in [0.3, 0.4) is 0 Å². The average Bonchev–Trinajstić information content (AvgIpc) is 3.06. The lowest BCUT2D eigenvalue weighted by Crippen LogP contribution is -2.46. The number of halogens is 1. The molecular formula is C24H28BrN3O3. The topological polar surface area (TPSA) is 56.6 Å². The molecule has 7 heteroatoms. The van der Waals surface area contributed by atoms with E-state index in [1.165, 1.54) is 0 Å². The van der Waals surface area contributed by atoms with Crippen LogP contribution in [-0.2, 0) is 11.3 Å². The third kappa shape index (κ3) is 5.39. The first kappa shape index (κ1) is 21.7. The van der Waals surface area contributed by atoms with Crippen molar-refractivity contribution in [3.63, 3.8) is 0 Å². The summed E-state index contributed by atoms with van der Waals surface area (Å²) in [5.41, 5.74) is 2.58. The molecule has 1 aliphatic heterocycles. The molecule has 3 aromatic rings. The predicted octanol–water partition coefficient (Wildman–Crippen LogP) is 5.63. The lowest BCUT2D eigenvalue weighted by molar-refractivity contribution is 0.00626. The molecule has 6 nitrogen and oxygen atoms in total. The fourth-order valence-electron chi connectivity index (χ4n) is 3.74. The smallest absolute Gasteiger partial charge is 0.410 e. The zero-order chi connectivity index (χ0) is 22.0. The number of piperidine rings is 1. The van der Waals surface area contributed by atoms with Gasteiger partial charge in [0.2, 0.25) is 0 Å². The second-order valence-electron chi connectivity index (χ2n) is 8.90. The van der Waals surface area contributed by atoms with Crippen molar-refractivity contribution < 1.29 is 14.3 Å². The van der Waals surface area contributed by atoms with Crippen molar-refractivity contribution in [1.29, 1.82) is 0 Å². The quantitative estimate of drug-likeness (QED) is 0.480. The zero-order valence-electron chi connectivity index (χ0n) is 18.2. The maximum absolute atomic E-state index is 12.5. The van der Waals surface area contributed by atoms with Crippen molar-refractivity contribution in [2.45, 2.75) is 51.9 Å². The van der Waals surface area contributed by atoms with Crippen LogP contribution in [0.4, 0.5) is 4.79 Å². The highest BCUT2D eigenvalue weighted by Crippen LogP contribution is 2.26. The van der Waals surface area contributed by atoms with Gasteiger partial charge < -0.3 is 14.4 Å². The molecule has 4 rings (SSSR count). The molecule has 0 radical (unpaired) electrons. The molecule has 1 fully saturated rings. The molecular weight excluding hydrogens is 458 g/mol. The van der Waals surface area contributed by atoms with Gasteiger partial charge in [0, 0.05) is 11.0 Å². The number of fused-ring (bicyclic) bond motifs is 1. The van der Waals surface area contributed by atoms with Crippen LogP contribution in [0.5, 0.6) is 6.01 Å². The Balaban J connectivity index is 1.55. The van der Waals surface area contributed by atoms with Gasteiger partial charge >= 0.3 is 6.09 Å². The highest BCUT2D eigenvalue weighted by molar-refractivity contribution is 9.10. The molecule has 0 N–H and O–H groups in total. The first-order valence-corrected chi connectivity index (χ1v) is 11.4. The van der Waals surface area contributed by atoms with E-state index < -0.39 is 5.60 Å². The minimum Gasteiger partial charge on any atom is -0.459 e. The summed E-state index contributed by atoms with van der Waals surface area (Å²) >= 11 is 3.49. The van der Waals surface area contributed by atoms with Gasteiger partial charge in [0.15, 0.2) is 0 Å². The van der Waals surface area contributed by atoms with E-state index in [9.17, 15) is 4.79 Å². The number of carbonyl (C=O) groups is 1. The second-order valence-corrected chi connectivity index (χ2v) is 9.82. The van der Waals surface area contributed by atoms with Gasteiger partial charge in [-0.2, -0.15) is 4.98 Å². The number of hydrogen-bond acceptors (Lipinski definition) is 4. The summed E-state index contributed by atoms with van der Waals surface area (Å²) in [6, 6.07) is 16.9. The molecule has 1 aliphatic rings. The lowest BCUT2D eigenvalue weighted by atomic mass is 10.1. The SMILES string of the molecule is CC(C)(C)OC(=O)N1CCC[C@@H](Oc2nc3ccccc3n2Cc2ccc(Br)cc2)C1. The summed E-state index contributed by atoms with van der Waals surface area (Å²) < 4.78 is 15.1. The average molecular weight is 486 g/mol. The van der Waals surface area contributed by atoms with Crippen LogP contribution >= 0.6 is 15.9 Å². The predicted molar refractivity (Wildman–Crippen MR) is 124 cm³/mol. The number of amides is 1. The van der Waals surface area contributed by atoms with Crippen molar-refractivity contribution in [1.82, 2.24) is 14.5 Å². The Labute approximate surface area is 191 Å². The minimum absolute atomic E-state index is 0.123. The molecule has 1 saturated heterocycles. The molecule has 31 heavy (non-hydrogen) atoms. The van der Waals surface area contributed by atoms with Gasteiger partial charge in [0.05, 0.1) is 24.1 Å². The first-order valence-electron chi connectivity index (χ1n) is 10.6. The van der Waals surface area contributed by atoms with Crippen LogP contribution in [0.25, 0.3) is 11.0 Å². The maximum Gasteiger partial charge on any atom is 0.410 e. The normalized spacial score (nSPS) is 17.0. The van der Waals surface area contributed by atoms with Gasteiger partial charge in [-0.05, 0) is 63.4 Å². The zero-order valence-corrected chi connectivity index (χ0v) is 19.8. The molecule has 0 saturated carbocycles. The number of benzene rings is 2. The summed E-state index contributed by atoms with van der Waals surface area (Å²) in [6.45, 7) is 7.49. The van der Waals surface area contributed by atoms with Gasteiger partial charge in [-0.15, -0.1) is 0 Å². The number of likely N-dealkylation sites (tertiary alicyclic amines) is 1. The van der Waals surface area contributed by atoms with Crippen LogP contribution in [0, 0.1) is 0 Å². The van der Waals surface area contributed by atoms with Gasteiger partial charge in [-0.1, -0.05) is 40.2 Å². The number of imidazole rings is 1. The summed E-state index contributed by atoms with van der Waals surface area (Å²) in [6.07, 6.45) is 1.34. The number of rotatable bonds is 4. The molecule has 1 atom stereocenters. The van der Waals surface area contributed by atoms with Gasteiger partial charge in [0.1, 0.15) is 11.7 Å². The molecule has 2 aromatic carbocycles. The van der Waals surface area contributed by atoms with Gasteiger partial charge in [0.25, 0.3) is 6.01 Å². The molecule has 164 valence electrons. The largest absolute Gasteiger partial charge is 0.459 e. The summed E-state index contributed by atoms with van der Waals surface area (Å²) in [5, 5.41) is 0. The molecule has 1 amide bonds. The highest BCUT2D eigenvalue weighted by atomic mass is 79.9. The van der Waals surface area contributed by atoms with Crippen LogP contribution < -0.4 is 4.74 Å². The first-order chi connectivity index (χ1) is 14.8. The van der Waals surface area contributed by atoms with E-state index in [4.69, 9.17) is 14.5 Å². The van der Waals surface area contributed by atoms with E-state index in [2.05, 4.69) is 38.7 Å². The third-order valence-corrected chi connectivity index (χ3v) is 5.70. The Bertz CT molecular complexity index is 1060. The summed E-state index contributed by atoms with van der Waals surface area (Å²) in [7, 11) is 0. The molecule has 0 unspecified atom stereocenters. The van der Waals surface area contributed by atoms with E-state index in [0.717, 1.165) is 33.9 Å². The monoisotopic (exact) mass is 485 g/mol. The Kier molecular flexibility index (Phi) is 6.23. The number of aromatic nitrogens is 2. The van der Waals surface area contributed by atoms with E-state index in [1.807, 2.05) is 51.1 Å². The number of nitrogens with zero attached hydrogens (tertiary/aromatic N) is 3. The van der Waals surface area contributed by atoms with Crippen LogP contribution in [0.1, 0.15) is 39.2 Å². The maximum atomic E-state index is 12.5. The van der Waals surface area contributed by atoms with Crippen LogP contribution in [-0.4, -0.2) is 45.3 Å². The molecule has 0 bridgehead atoms. The highest BCUT2D eigenvalue weighted by Gasteiger charge is 2.29. The Morgan fingerprint density at radius 1 is 1.16 bits per heavy atom. The van der Waals surface area contributed by atoms with Crippen LogP contribution in [0.15, 0.2) is 53.0 Å². The van der Waals surface area contributed by atoms with Crippen molar-refractivity contribution in [3.05, 3.63) is 58.6 Å². The van der Waals surface area contributed by atoms with Crippen molar-refractivity contribution >= 4 is 33.1 Å². The van der Waals surface area contributed by atoms with E-state index in [-0.39, 0.29) is 12.2 Å². The van der Waals surface area contributed by atoms with Crippen LogP contribution in [0.2, 0.25) is 0 Å². The number of ether oxygens (including phenoxy) is 2. The molecule has 1 aromatic heterocycles. The Morgan fingerprint density at radius 3 is 2.65 bits per heavy atom. The molecule has 0 aliphatic carbocycles. The lowest BCUT2D eigenvalue weighted by Gasteiger charge is -2.34. The van der Waals surface area contributed by atoms with Crippen molar-refractivity contribution in [3.8, 4) is 6.01 Å². The summed E-state index contributed by atoms with van der Waals surface area (Å²) in [4.78, 5) is 19.0. The van der Waals surface area contributed by atoms with Gasteiger partial charge in [-0.3, -0.25) is 4.57 Å². The standard InChI is InChI=1S/C24H28BrN3O3/c1-24(2,3)31-23(29)27-14-6-7-19(16-27)30-22-26-20-8-4-5-9-21(20)28(22)15-17-10-12-18(25)13-11-17/h4-5,8-13,19H,6-7,14-16H2,1-3H3/t19-/m1/s1. The third-order valence-electron chi connectivity index (χ3n) is 5.18. The van der Waals surface area contributed by atoms with Crippen molar-refractivity contribution in [2.75, 3.05) is 13.1 Å². The number of hydrogen-bond donors (Lipinski definition) is 0. The summed E-state index contributed by atoms with van der Waals surface area (Å²) in [5.74, 6) is 0. The second kappa shape index (κ2) is 8.91. The number of para-hydroxylation sites is 2. The van der Waals surface area contributed by atoms with E-state index in [1.54, 1.807) is 4.90 Å². The molecule has 2 heterocycles.